The van der Waals surface area contributed by atoms with Gasteiger partial charge in [0.1, 0.15) is 11.5 Å². The number of thioether (sulfide) groups is 1. The maximum atomic E-state index is 13.0. The Balaban J connectivity index is 1.52. The van der Waals surface area contributed by atoms with E-state index in [9.17, 15) is 4.79 Å². The molecular formula is C22H22N2O4S. The number of anilines is 1. The van der Waals surface area contributed by atoms with Crippen molar-refractivity contribution >= 4 is 23.5 Å². The topological polar surface area (TPSA) is 63.9 Å². The summed E-state index contributed by atoms with van der Waals surface area (Å²) in [6.45, 7) is 2.88. The quantitative estimate of drug-likeness (QED) is 0.561. The molecule has 0 saturated carbocycles. The van der Waals surface area contributed by atoms with Crippen molar-refractivity contribution in [3.63, 3.8) is 0 Å². The van der Waals surface area contributed by atoms with Crippen LogP contribution in [0.15, 0.2) is 63.9 Å². The smallest absolute Gasteiger partial charge is 0.322 e. The summed E-state index contributed by atoms with van der Waals surface area (Å²) in [7, 11) is 0. The molecule has 0 aliphatic carbocycles. The maximum Gasteiger partial charge on any atom is 0.322 e. The standard InChI is InChI=1S/C22H22N2O4S/c1-15-3-7-18(28-15)13-24(12-16-4-10-20-21(11-16)27-14-26-20)22(25)23-17-5-8-19(29-2)9-6-17/h3-11H,12-14H2,1-2H3,(H,23,25). The highest BCUT2D eigenvalue weighted by Gasteiger charge is 2.19. The number of rotatable bonds is 6. The van der Waals surface area contributed by atoms with E-state index in [1.165, 1.54) is 0 Å². The number of furan rings is 1. The first-order chi connectivity index (χ1) is 14.1. The molecule has 0 saturated heterocycles. The number of aryl methyl sites for hydroxylation is 1. The number of fused-ring (bicyclic) bond motifs is 1. The molecule has 0 radical (unpaired) electrons. The lowest BCUT2D eigenvalue weighted by molar-refractivity contribution is 0.174. The van der Waals surface area contributed by atoms with Crippen LogP contribution in [0.5, 0.6) is 11.5 Å². The molecule has 7 heteroatoms. The highest BCUT2D eigenvalue weighted by atomic mass is 32.2. The second kappa shape index (κ2) is 8.53. The van der Waals surface area contributed by atoms with Crippen LogP contribution in [-0.2, 0) is 13.1 Å². The lowest BCUT2D eigenvalue weighted by Gasteiger charge is -2.22. The number of carbonyl (C=O) groups is 1. The minimum Gasteiger partial charge on any atom is -0.464 e. The molecule has 2 amide bonds. The molecule has 150 valence electrons. The van der Waals surface area contributed by atoms with Crippen LogP contribution in [0, 0.1) is 6.92 Å². The third kappa shape index (κ3) is 4.68. The first kappa shape index (κ1) is 19.3. The minimum absolute atomic E-state index is 0.200. The van der Waals surface area contributed by atoms with Crippen molar-refractivity contribution in [2.75, 3.05) is 18.4 Å². The van der Waals surface area contributed by atoms with E-state index in [1.54, 1.807) is 16.7 Å². The predicted octanol–water partition coefficient (Wildman–Crippen LogP) is 5.27. The fourth-order valence-corrected chi connectivity index (χ4v) is 3.50. The SMILES string of the molecule is CSc1ccc(NC(=O)N(Cc2ccc3c(c2)OCO3)Cc2ccc(C)o2)cc1. The Morgan fingerprint density at radius 3 is 2.55 bits per heavy atom. The number of urea groups is 1. The van der Waals surface area contributed by atoms with E-state index in [0.717, 1.165) is 33.4 Å². The fourth-order valence-electron chi connectivity index (χ4n) is 3.09. The van der Waals surface area contributed by atoms with Crippen molar-refractivity contribution in [2.24, 2.45) is 0 Å². The first-order valence-electron chi connectivity index (χ1n) is 9.24. The molecule has 1 N–H and O–H groups in total. The van der Waals surface area contributed by atoms with Gasteiger partial charge in [0, 0.05) is 17.1 Å². The Morgan fingerprint density at radius 1 is 1.03 bits per heavy atom. The van der Waals surface area contributed by atoms with Crippen molar-refractivity contribution in [2.45, 2.75) is 24.9 Å². The van der Waals surface area contributed by atoms with Gasteiger partial charge in [0.15, 0.2) is 11.5 Å². The monoisotopic (exact) mass is 410 g/mol. The van der Waals surface area contributed by atoms with Gasteiger partial charge >= 0.3 is 6.03 Å². The zero-order valence-electron chi connectivity index (χ0n) is 16.3. The third-order valence-corrected chi connectivity index (χ3v) is 5.33. The molecule has 2 heterocycles. The lowest BCUT2D eigenvalue weighted by atomic mass is 10.2. The van der Waals surface area contributed by atoms with Crippen molar-refractivity contribution in [3.05, 3.63) is 71.7 Å². The van der Waals surface area contributed by atoms with Crippen LogP contribution in [0.4, 0.5) is 10.5 Å². The molecule has 3 aromatic rings. The van der Waals surface area contributed by atoms with Gasteiger partial charge in [0.2, 0.25) is 6.79 Å². The van der Waals surface area contributed by atoms with E-state index in [1.807, 2.05) is 67.8 Å². The molecule has 1 aromatic heterocycles. The number of nitrogens with one attached hydrogen (secondary N) is 1. The number of hydrogen-bond donors (Lipinski definition) is 1. The van der Waals surface area contributed by atoms with E-state index >= 15 is 0 Å². The maximum absolute atomic E-state index is 13.0. The molecular weight excluding hydrogens is 388 g/mol. The number of carbonyl (C=O) groups excluding carboxylic acids is 1. The predicted molar refractivity (Wildman–Crippen MR) is 112 cm³/mol. The number of benzene rings is 2. The van der Waals surface area contributed by atoms with Crippen LogP contribution in [0.1, 0.15) is 17.1 Å². The lowest BCUT2D eigenvalue weighted by Crippen LogP contribution is -2.34. The van der Waals surface area contributed by atoms with Crippen molar-refractivity contribution in [3.8, 4) is 11.5 Å². The van der Waals surface area contributed by atoms with Gasteiger partial charge in [0.25, 0.3) is 0 Å². The Hall–Kier alpha value is -3.06. The van der Waals surface area contributed by atoms with E-state index in [4.69, 9.17) is 13.9 Å². The average molecular weight is 410 g/mol. The molecule has 29 heavy (non-hydrogen) atoms. The highest BCUT2D eigenvalue weighted by molar-refractivity contribution is 7.98. The minimum atomic E-state index is -0.200. The van der Waals surface area contributed by atoms with Gasteiger partial charge in [-0.3, -0.25) is 0 Å². The molecule has 6 nitrogen and oxygen atoms in total. The number of amides is 2. The zero-order chi connectivity index (χ0) is 20.2. The van der Waals surface area contributed by atoms with Crippen LogP contribution in [0.2, 0.25) is 0 Å². The first-order valence-corrected chi connectivity index (χ1v) is 10.5. The average Bonchev–Trinajstić information content (AvgIpc) is 3.36. The molecule has 0 fully saturated rings. The van der Waals surface area contributed by atoms with E-state index < -0.39 is 0 Å². The van der Waals surface area contributed by atoms with Gasteiger partial charge in [-0.15, -0.1) is 11.8 Å². The molecule has 1 aliphatic heterocycles. The number of nitrogens with zero attached hydrogens (tertiary/aromatic N) is 1. The zero-order valence-corrected chi connectivity index (χ0v) is 17.1. The van der Waals surface area contributed by atoms with Gasteiger partial charge < -0.3 is 24.1 Å². The summed E-state index contributed by atoms with van der Waals surface area (Å²) in [5.41, 5.74) is 1.70. The van der Waals surface area contributed by atoms with Gasteiger partial charge in [-0.05, 0) is 67.3 Å². The van der Waals surface area contributed by atoms with Crippen LogP contribution in [0.25, 0.3) is 0 Å². The summed E-state index contributed by atoms with van der Waals surface area (Å²) in [5.74, 6) is 2.97. The van der Waals surface area contributed by atoms with Crippen molar-refractivity contribution in [1.29, 1.82) is 0 Å². The van der Waals surface area contributed by atoms with Crippen molar-refractivity contribution < 1.29 is 18.7 Å². The Labute approximate surface area is 173 Å². The summed E-state index contributed by atoms with van der Waals surface area (Å²) in [6.07, 6.45) is 2.02. The molecule has 2 aromatic carbocycles. The number of ether oxygens (including phenoxy) is 2. The molecule has 4 rings (SSSR count). The van der Waals surface area contributed by atoms with E-state index in [2.05, 4.69) is 5.32 Å². The Bertz CT molecular complexity index is 1000. The summed E-state index contributed by atoms with van der Waals surface area (Å²) in [4.78, 5) is 15.9. The van der Waals surface area contributed by atoms with E-state index in [-0.39, 0.29) is 12.8 Å². The van der Waals surface area contributed by atoms with Crippen molar-refractivity contribution in [1.82, 2.24) is 4.90 Å². The van der Waals surface area contributed by atoms with Crippen LogP contribution < -0.4 is 14.8 Å². The highest BCUT2D eigenvalue weighted by Crippen LogP contribution is 2.33. The van der Waals surface area contributed by atoms with Gasteiger partial charge in [-0.25, -0.2) is 4.79 Å². The largest absolute Gasteiger partial charge is 0.464 e. The summed E-state index contributed by atoms with van der Waals surface area (Å²) in [6, 6.07) is 17.1. The molecule has 0 spiro atoms. The Kier molecular flexibility index (Phi) is 5.67. The fraction of sp³-hybridized carbons (Fsp3) is 0.227. The third-order valence-electron chi connectivity index (χ3n) is 4.58. The number of hydrogen-bond acceptors (Lipinski definition) is 5. The summed E-state index contributed by atoms with van der Waals surface area (Å²) in [5, 5.41) is 2.97. The normalized spacial score (nSPS) is 12.1. The molecule has 0 atom stereocenters. The van der Waals surface area contributed by atoms with E-state index in [0.29, 0.717) is 18.8 Å². The summed E-state index contributed by atoms with van der Waals surface area (Å²) >= 11 is 1.66. The molecule has 0 unspecified atom stereocenters. The van der Waals surface area contributed by atoms with Gasteiger partial charge in [-0.1, -0.05) is 6.07 Å². The van der Waals surface area contributed by atoms with Gasteiger partial charge in [0.05, 0.1) is 6.54 Å². The second-order valence-electron chi connectivity index (χ2n) is 6.71. The van der Waals surface area contributed by atoms with Crippen LogP contribution >= 0.6 is 11.8 Å². The second-order valence-corrected chi connectivity index (χ2v) is 7.59. The van der Waals surface area contributed by atoms with Crippen LogP contribution in [0.3, 0.4) is 0 Å². The van der Waals surface area contributed by atoms with Crippen LogP contribution in [-0.4, -0.2) is 24.0 Å². The Morgan fingerprint density at radius 2 is 1.83 bits per heavy atom. The molecule has 1 aliphatic rings. The van der Waals surface area contributed by atoms with Gasteiger partial charge in [-0.2, -0.15) is 0 Å². The molecule has 0 bridgehead atoms. The summed E-state index contributed by atoms with van der Waals surface area (Å²) < 4.78 is 16.5.